The molecular formula is C23H19N3O4. The Labute approximate surface area is 171 Å². The summed E-state index contributed by atoms with van der Waals surface area (Å²) in [7, 11) is 0. The number of carbonyl (C=O) groups is 3. The molecule has 1 aliphatic rings. The quantitative estimate of drug-likeness (QED) is 0.401. The first-order chi connectivity index (χ1) is 14.4. The van der Waals surface area contributed by atoms with Crippen molar-refractivity contribution < 1.29 is 18.8 Å². The highest BCUT2D eigenvalue weighted by molar-refractivity contribution is 6.15. The average molecular weight is 401 g/mol. The number of rotatable bonds is 4. The second-order valence-corrected chi connectivity index (χ2v) is 7.69. The van der Waals surface area contributed by atoms with Gasteiger partial charge in [-0.05, 0) is 32.0 Å². The molecule has 7 nitrogen and oxygen atoms in total. The number of hydrogen-bond acceptors (Lipinski definition) is 4. The summed E-state index contributed by atoms with van der Waals surface area (Å²) in [6.07, 6.45) is 0. The summed E-state index contributed by atoms with van der Waals surface area (Å²) in [6, 6.07) is 15.9. The van der Waals surface area contributed by atoms with E-state index in [1.807, 2.05) is 42.5 Å². The van der Waals surface area contributed by atoms with Gasteiger partial charge in [0.25, 0.3) is 5.91 Å². The number of benzene rings is 2. The van der Waals surface area contributed by atoms with Crippen LogP contribution in [0.25, 0.3) is 21.9 Å². The van der Waals surface area contributed by atoms with E-state index in [4.69, 9.17) is 4.42 Å². The van der Waals surface area contributed by atoms with E-state index < -0.39 is 17.5 Å². The summed E-state index contributed by atoms with van der Waals surface area (Å²) in [6.45, 7) is 3.05. The fraction of sp³-hybridized carbons (Fsp3) is 0.174. The minimum atomic E-state index is -1.37. The number of nitrogens with zero attached hydrogens (tertiary/aromatic N) is 1. The maximum Gasteiger partial charge on any atom is 0.325 e. The van der Waals surface area contributed by atoms with Crippen LogP contribution in [0.5, 0.6) is 0 Å². The van der Waals surface area contributed by atoms with Crippen LogP contribution in [0.15, 0.2) is 59.0 Å². The Balaban J connectivity index is 1.47. The lowest BCUT2D eigenvalue weighted by Gasteiger charge is -2.18. The summed E-state index contributed by atoms with van der Waals surface area (Å²) >= 11 is 0. The Morgan fingerprint density at radius 2 is 1.83 bits per heavy atom. The van der Waals surface area contributed by atoms with Crippen LogP contribution < -0.4 is 5.32 Å². The number of imide groups is 1. The molecule has 1 aliphatic heterocycles. The lowest BCUT2D eigenvalue weighted by atomic mass is 9.98. The maximum absolute atomic E-state index is 13.2. The fourth-order valence-corrected chi connectivity index (χ4v) is 4.09. The van der Waals surface area contributed by atoms with E-state index in [2.05, 4.69) is 10.3 Å². The lowest BCUT2D eigenvalue weighted by molar-refractivity contribution is -0.131. The lowest BCUT2D eigenvalue weighted by Crippen LogP contribution is -2.41. The van der Waals surface area contributed by atoms with Gasteiger partial charge < -0.3 is 14.7 Å². The highest BCUT2D eigenvalue weighted by atomic mass is 16.3. The number of H-pyrrole nitrogens is 1. The number of aromatic nitrogens is 1. The predicted octanol–water partition coefficient (Wildman–Crippen LogP) is 3.87. The van der Waals surface area contributed by atoms with Crippen LogP contribution in [-0.2, 0) is 10.3 Å². The van der Waals surface area contributed by atoms with Crippen LogP contribution in [0, 0.1) is 6.92 Å². The largest absolute Gasteiger partial charge is 0.458 e. The molecule has 1 fully saturated rings. The highest BCUT2D eigenvalue weighted by Crippen LogP contribution is 2.33. The highest BCUT2D eigenvalue weighted by Gasteiger charge is 2.51. The van der Waals surface area contributed by atoms with E-state index in [0.717, 1.165) is 21.2 Å². The Hall–Kier alpha value is -3.87. The molecule has 2 N–H and O–H groups in total. The van der Waals surface area contributed by atoms with E-state index in [-0.39, 0.29) is 12.3 Å². The number of amides is 3. The number of aromatic amines is 1. The Bertz CT molecular complexity index is 1320. The number of para-hydroxylation sites is 2. The number of nitrogens with one attached hydrogen (secondary N) is 2. The van der Waals surface area contributed by atoms with Crippen LogP contribution in [0.4, 0.5) is 4.79 Å². The molecule has 3 heterocycles. The summed E-state index contributed by atoms with van der Waals surface area (Å²) in [5.41, 5.74) is 1.28. The summed E-state index contributed by atoms with van der Waals surface area (Å²) in [5, 5.41) is 4.30. The third-order valence-corrected chi connectivity index (χ3v) is 5.67. The van der Waals surface area contributed by atoms with Gasteiger partial charge in [0.2, 0.25) is 0 Å². The van der Waals surface area contributed by atoms with Crippen molar-refractivity contribution in [2.75, 3.05) is 6.54 Å². The SMILES string of the molecule is Cc1[nH]c2ccccc2c1C(=O)CN1C(=O)N[C@](C)(c2cc3ccccc3o2)C1=O. The molecule has 0 spiro atoms. The number of ketones is 1. The molecule has 0 radical (unpaired) electrons. The molecule has 1 atom stereocenters. The van der Waals surface area contributed by atoms with Crippen LogP contribution in [-0.4, -0.2) is 34.2 Å². The van der Waals surface area contributed by atoms with Crippen LogP contribution in [0.2, 0.25) is 0 Å². The van der Waals surface area contributed by atoms with Crippen molar-refractivity contribution in [2.24, 2.45) is 0 Å². The minimum absolute atomic E-state index is 0.303. The molecule has 30 heavy (non-hydrogen) atoms. The number of carbonyl (C=O) groups excluding carboxylic acids is 3. The minimum Gasteiger partial charge on any atom is -0.458 e. The first kappa shape index (κ1) is 18.2. The third kappa shape index (κ3) is 2.55. The first-order valence-electron chi connectivity index (χ1n) is 9.62. The van der Waals surface area contributed by atoms with Gasteiger partial charge in [0.1, 0.15) is 11.3 Å². The molecule has 2 aromatic carbocycles. The molecule has 0 bridgehead atoms. The van der Waals surface area contributed by atoms with Crippen molar-refractivity contribution in [2.45, 2.75) is 19.4 Å². The molecule has 0 unspecified atom stereocenters. The van der Waals surface area contributed by atoms with Crippen LogP contribution >= 0.6 is 0 Å². The number of Topliss-reactive ketones (excluding diaryl/α,β-unsaturated/α-hetero) is 1. The number of furan rings is 1. The molecule has 1 saturated heterocycles. The first-order valence-corrected chi connectivity index (χ1v) is 9.62. The summed E-state index contributed by atoms with van der Waals surface area (Å²) in [4.78, 5) is 43.0. The average Bonchev–Trinajstić information content (AvgIpc) is 3.36. The van der Waals surface area contributed by atoms with Crippen molar-refractivity contribution in [3.05, 3.63) is 71.6 Å². The van der Waals surface area contributed by atoms with Gasteiger partial charge in [-0.15, -0.1) is 0 Å². The van der Waals surface area contributed by atoms with Gasteiger partial charge >= 0.3 is 6.03 Å². The molecule has 0 saturated carbocycles. The molecule has 2 aromatic heterocycles. The summed E-state index contributed by atoms with van der Waals surface area (Å²) < 4.78 is 5.82. The number of urea groups is 1. The van der Waals surface area contributed by atoms with Crippen LogP contribution in [0.1, 0.15) is 28.7 Å². The van der Waals surface area contributed by atoms with Crippen molar-refractivity contribution in [1.82, 2.24) is 15.2 Å². The van der Waals surface area contributed by atoms with E-state index in [1.165, 1.54) is 0 Å². The van der Waals surface area contributed by atoms with Gasteiger partial charge in [-0.3, -0.25) is 14.5 Å². The number of hydrogen-bond donors (Lipinski definition) is 2. The Morgan fingerprint density at radius 1 is 1.10 bits per heavy atom. The maximum atomic E-state index is 13.2. The van der Waals surface area contributed by atoms with Gasteiger partial charge in [-0.25, -0.2) is 4.79 Å². The van der Waals surface area contributed by atoms with Crippen molar-refractivity contribution in [3.63, 3.8) is 0 Å². The van der Waals surface area contributed by atoms with Gasteiger partial charge in [-0.2, -0.15) is 0 Å². The van der Waals surface area contributed by atoms with Crippen molar-refractivity contribution in [3.8, 4) is 0 Å². The van der Waals surface area contributed by atoms with Crippen molar-refractivity contribution in [1.29, 1.82) is 0 Å². The molecule has 4 aromatic rings. The standard InChI is InChI=1S/C23H19N3O4/c1-13-20(15-8-4-5-9-16(15)24-13)17(27)12-26-21(28)23(2,25-22(26)29)19-11-14-7-3-6-10-18(14)30-19/h3-11,24H,12H2,1-2H3,(H,25,29)/t23-/m1/s1. The second kappa shape index (κ2) is 6.32. The number of fused-ring (bicyclic) bond motifs is 2. The third-order valence-electron chi connectivity index (χ3n) is 5.67. The van der Waals surface area contributed by atoms with Crippen molar-refractivity contribution >= 4 is 39.6 Å². The smallest absolute Gasteiger partial charge is 0.325 e. The fourth-order valence-electron chi connectivity index (χ4n) is 4.09. The molecule has 5 rings (SSSR count). The molecule has 0 aliphatic carbocycles. The Kier molecular flexibility index (Phi) is 3.83. The van der Waals surface area contributed by atoms with Gasteiger partial charge in [0.05, 0.1) is 6.54 Å². The topological polar surface area (TPSA) is 95.4 Å². The zero-order chi connectivity index (χ0) is 21.0. The molecule has 7 heteroatoms. The monoisotopic (exact) mass is 401 g/mol. The van der Waals surface area contributed by atoms with E-state index in [0.29, 0.717) is 22.6 Å². The second-order valence-electron chi connectivity index (χ2n) is 7.69. The zero-order valence-electron chi connectivity index (χ0n) is 16.5. The van der Waals surface area contributed by atoms with Gasteiger partial charge in [0.15, 0.2) is 11.3 Å². The van der Waals surface area contributed by atoms with E-state index >= 15 is 0 Å². The predicted molar refractivity (Wildman–Crippen MR) is 111 cm³/mol. The van der Waals surface area contributed by atoms with Crippen LogP contribution in [0.3, 0.4) is 0 Å². The zero-order valence-corrected chi connectivity index (χ0v) is 16.5. The Morgan fingerprint density at radius 3 is 2.63 bits per heavy atom. The molecule has 150 valence electrons. The van der Waals surface area contributed by atoms with Gasteiger partial charge in [-0.1, -0.05) is 36.4 Å². The van der Waals surface area contributed by atoms with E-state index in [9.17, 15) is 14.4 Å². The number of aryl methyl sites for hydroxylation is 1. The molecule has 3 amide bonds. The summed E-state index contributed by atoms with van der Waals surface area (Å²) in [5.74, 6) is -0.486. The molecular weight excluding hydrogens is 382 g/mol. The van der Waals surface area contributed by atoms with Gasteiger partial charge in [0, 0.05) is 27.5 Å². The van der Waals surface area contributed by atoms with E-state index in [1.54, 1.807) is 26.0 Å². The normalized spacial score (nSPS) is 19.1.